The molecule has 9 heteroatoms. The van der Waals surface area contributed by atoms with Gasteiger partial charge in [-0.2, -0.15) is 23.7 Å². The first-order chi connectivity index (χ1) is 9.85. The molecule has 0 heterocycles. The highest BCUT2D eigenvalue weighted by atomic mass is 19.4. The molecule has 0 unspecified atom stereocenters. The van der Waals surface area contributed by atoms with Crippen LogP contribution in [0.1, 0.15) is 5.56 Å². The van der Waals surface area contributed by atoms with Crippen LogP contribution >= 0.6 is 0 Å². The fraction of sp³-hybridized carbons (Fsp3) is 0.0833. The number of nitrogens with zero attached hydrogens (tertiary/aromatic N) is 3. The maximum Gasteiger partial charge on any atom is 0.418 e. The SMILES string of the molecule is N#C/C(N)=C(\C#N)N(C=O)Nc1ccccc1C(F)(F)F. The Hall–Kier alpha value is -3.20. The van der Waals surface area contributed by atoms with Crippen LogP contribution in [0.5, 0.6) is 0 Å². The van der Waals surface area contributed by atoms with E-state index in [4.69, 9.17) is 16.3 Å². The molecule has 0 spiro atoms. The van der Waals surface area contributed by atoms with Gasteiger partial charge in [0, 0.05) is 0 Å². The first-order valence-electron chi connectivity index (χ1n) is 5.32. The molecule has 1 amide bonds. The Labute approximate surface area is 117 Å². The quantitative estimate of drug-likeness (QED) is 0.499. The summed E-state index contributed by atoms with van der Waals surface area (Å²) in [6, 6.07) is 7.25. The van der Waals surface area contributed by atoms with E-state index in [1.54, 1.807) is 0 Å². The van der Waals surface area contributed by atoms with Crippen molar-refractivity contribution < 1.29 is 18.0 Å². The zero-order valence-corrected chi connectivity index (χ0v) is 10.3. The van der Waals surface area contributed by atoms with Crippen molar-refractivity contribution >= 4 is 12.1 Å². The van der Waals surface area contributed by atoms with E-state index < -0.39 is 28.8 Å². The normalized spacial score (nSPS) is 11.7. The van der Waals surface area contributed by atoms with Gasteiger partial charge in [0.15, 0.2) is 5.70 Å². The van der Waals surface area contributed by atoms with Gasteiger partial charge in [-0.05, 0) is 12.1 Å². The van der Waals surface area contributed by atoms with Gasteiger partial charge in [-0.1, -0.05) is 12.1 Å². The molecule has 1 rings (SSSR count). The number of rotatable bonds is 4. The number of nitrogens with one attached hydrogen (secondary N) is 1. The van der Waals surface area contributed by atoms with Crippen LogP contribution in [0.15, 0.2) is 35.7 Å². The molecule has 1 aromatic carbocycles. The van der Waals surface area contributed by atoms with Crippen molar-refractivity contribution in [3.8, 4) is 12.1 Å². The number of benzene rings is 1. The molecular weight excluding hydrogens is 287 g/mol. The fourth-order valence-corrected chi connectivity index (χ4v) is 1.39. The van der Waals surface area contributed by atoms with Gasteiger partial charge in [0.2, 0.25) is 6.41 Å². The van der Waals surface area contributed by atoms with E-state index in [0.717, 1.165) is 12.1 Å². The van der Waals surface area contributed by atoms with Crippen LogP contribution in [0, 0.1) is 22.7 Å². The van der Waals surface area contributed by atoms with E-state index in [1.165, 1.54) is 24.3 Å². The number of nitriles is 2. The van der Waals surface area contributed by atoms with Crippen molar-refractivity contribution in [3.05, 3.63) is 41.2 Å². The van der Waals surface area contributed by atoms with Gasteiger partial charge in [-0.3, -0.25) is 10.2 Å². The largest absolute Gasteiger partial charge is 0.418 e. The molecule has 0 aromatic heterocycles. The van der Waals surface area contributed by atoms with Crippen molar-refractivity contribution in [3.63, 3.8) is 0 Å². The summed E-state index contributed by atoms with van der Waals surface area (Å²) in [5.41, 5.74) is 4.60. The molecule has 1 aromatic rings. The highest BCUT2D eigenvalue weighted by Gasteiger charge is 2.33. The van der Waals surface area contributed by atoms with Crippen molar-refractivity contribution in [1.82, 2.24) is 5.01 Å². The van der Waals surface area contributed by atoms with Gasteiger partial charge >= 0.3 is 6.18 Å². The average Bonchev–Trinajstić information content (AvgIpc) is 2.45. The van der Waals surface area contributed by atoms with E-state index >= 15 is 0 Å². The number of amides is 1. The standard InChI is InChI=1S/C12H8F3N5O/c13-12(14,15)8-3-1-2-4-10(8)19-20(7-21)11(6-17)9(18)5-16/h1-4,7,19H,18H2/b11-9-. The lowest BCUT2D eigenvalue weighted by molar-refractivity contribution is -0.137. The third kappa shape index (κ3) is 3.64. The maximum absolute atomic E-state index is 12.8. The molecule has 0 aliphatic rings. The number of hydrogen-bond acceptors (Lipinski definition) is 5. The fourth-order valence-electron chi connectivity index (χ4n) is 1.39. The van der Waals surface area contributed by atoms with Crippen LogP contribution in [0.4, 0.5) is 18.9 Å². The number of halogens is 3. The van der Waals surface area contributed by atoms with Crippen LogP contribution in [0.2, 0.25) is 0 Å². The van der Waals surface area contributed by atoms with Gasteiger partial charge in [-0.25, -0.2) is 5.01 Å². The predicted molar refractivity (Wildman–Crippen MR) is 65.4 cm³/mol. The molecule has 6 nitrogen and oxygen atoms in total. The van der Waals surface area contributed by atoms with Gasteiger partial charge in [-0.15, -0.1) is 0 Å². The number of alkyl halides is 3. The Bertz CT molecular complexity index is 654. The molecular formula is C12H8F3N5O. The highest BCUT2D eigenvalue weighted by Crippen LogP contribution is 2.34. The van der Waals surface area contributed by atoms with Gasteiger partial charge in [0.1, 0.15) is 17.8 Å². The Balaban J connectivity index is 3.25. The molecule has 21 heavy (non-hydrogen) atoms. The van der Waals surface area contributed by atoms with Crippen molar-refractivity contribution in [2.75, 3.05) is 5.43 Å². The summed E-state index contributed by atoms with van der Waals surface area (Å²) in [6.07, 6.45) is -4.62. The molecule has 0 saturated heterocycles. The number of nitrogens with two attached hydrogens (primary N) is 1. The number of carbonyl (C=O) groups excluding carboxylic acids is 1. The lowest BCUT2D eigenvalue weighted by Crippen LogP contribution is -2.30. The number of allylic oxidation sites excluding steroid dienone is 2. The van der Waals surface area contributed by atoms with Gasteiger partial charge < -0.3 is 5.73 Å². The van der Waals surface area contributed by atoms with E-state index in [-0.39, 0.29) is 6.41 Å². The second-order valence-corrected chi connectivity index (χ2v) is 3.62. The Morgan fingerprint density at radius 1 is 1.29 bits per heavy atom. The van der Waals surface area contributed by atoms with E-state index in [0.29, 0.717) is 5.01 Å². The molecule has 0 atom stereocenters. The Morgan fingerprint density at radius 3 is 2.38 bits per heavy atom. The van der Waals surface area contributed by atoms with Crippen LogP contribution in [-0.4, -0.2) is 11.4 Å². The summed E-state index contributed by atoms with van der Waals surface area (Å²) in [4.78, 5) is 10.9. The van der Waals surface area contributed by atoms with Crippen LogP contribution in [-0.2, 0) is 11.0 Å². The number of para-hydroxylation sites is 1. The van der Waals surface area contributed by atoms with Gasteiger partial charge in [0.05, 0.1) is 11.3 Å². The summed E-state index contributed by atoms with van der Waals surface area (Å²) >= 11 is 0. The molecule has 0 saturated carbocycles. The Morgan fingerprint density at radius 2 is 1.90 bits per heavy atom. The number of anilines is 1. The molecule has 3 N–H and O–H groups in total. The van der Waals surface area contributed by atoms with E-state index in [9.17, 15) is 18.0 Å². The van der Waals surface area contributed by atoms with E-state index in [1.807, 2.05) is 0 Å². The monoisotopic (exact) mass is 295 g/mol. The maximum atomic E-state index is 12.8. The third-order valence-corrected chi connectivity index (χ3v) is 2.30. The smallest absolute Gasteiger partial charge is 0.388 e. The second kappa shape index (κ2) is 6.30. The van der Waals surface area contributed by atoms with Crippen molar-refractivity contribution in [2.45, 2.75) is 6.18 Å². The first kappa shape index (κ1) is 15.9. The summed E-state index contributed by atoms with van der Waals surface area (Å²) < 4.78 is 38.4. The van der Waals surface area contributed by atoms with Crippen molar-refractivity contribution in [2.24, 2.45) is 5.73 Å². The summed E-state index contributed by atoms with van der Waals surface area (Å²) in [6.45, 7) is 0. The first-order valence-corrected chi connectivity index (χ1v) is 5.32. The molecule has 0 radical (unpaired) electrons. The van der Waals surface area contributed by atoms with Crippen LogP contribution in [0.3, 0.4) is 0 Å². The van der Waals surface area contributed by atoms with Gasteiger partial charge in [0.25, 0.3) is 0 Å². The predicted octanol–water partition coefficient (Wildman–Crippen LogP) is 1.71. The third-order valence-electron chi connectivity index (χ3n) is 2.30. The minimum absolute atomic E-state index is 0.0376. The van der Waals surface area contributed by atoms with E-state index in [2.05, 4.69) is 5.43 Å². The molecule has 0 fully saturated rings. The zero-order chi connectivity index (χ0) is 16.0. The summed E-state index contributed by atoms with van der Waals surface area (Å²) in [5, 5.41) is 17.8. The minimum Gasteiger partial charge on any atom is -0.388 e. The summed E-state index contributed by atoms with van der Waals surface area (Å²) in [5.74, 6) is 0. The Kier molecular flexibility index (Phi) is 4.76. The molecule has 0 aliphatic carbocycles. The van der Waals surface area contributed by atoms with Crippen molar-refractivity contribution in [1.29, 1.82) is 10.5 Å². The molecule has 0 aliphatic heterocycles. The number of hydrazine groups is 1. The second-order valence-electron chi connectivity index (χ2n) is 3.62. The zero-order valence-electron chi connectivity index (χ0n) is 10.3. The lowest BCUT2D eigenvalue weighted by atomic mass is 10.2. The van der Waals surface area contributed by atoms with Crippen LogP contribution < -0.4 is 11.2 Å². The highest BCUT2D eigenvalue weighted by molar-refractivity contribution is 5.62. The molecule has 108 valence electrons. The number of carbonyl (C=O) groups is 1. The van der Waals surface area contributed by atoms with Crippen LogP contribution in [0.25, 0.3) is 0 Å². The number of hydrogen-bond donors (Lipinski definition) is 2. The lowest BCUT2D eigenvalue weighted by Gasteiger charge is -2.21. The minimum atomic E-state index is -4.66. The summed E-state index contributed by atoms with van der Waals surface area (Å²) in [7, 11) is 0. The average molecular weight is 295 g/mol. The molecule has 0 bridgehead atoms. The topological polar surface area (TPSA) is 106 Å².